The fourth-order valence-corrected chi connectivity index (χ4v) is 1.19. The molecule has 0 aromatic heterocycles. The lowest BCUT2D eigenvalue weighted by Crippen LogP contribution is -2.28. The quantitative estimate of drug-likeness (QED) is 0.486. The van der Waals surface area contributed by atoms with E-state index >= 15 is 0 Å². The van der Waals surface area contributed by atoms with E-state index < -0.39 is 0 Å². The summed E-state index contributed by atoms with van der Waals surface area (Å²) in [5.41, 5.74) is 3.03. The van der Waals surface area contributed by atoms with Gasteiger partial charge in [0.2, 0.25) is 0 Å². The van der Waals surface area contributed by atoms with Crippen molar-refractivity contribution in [2.75, 3.05) is 0 Å². The van der Waals surface area contributed by atoms with Crippen LogP contribution in [0.3, 0.4) is 0 Å². The number of hydrogen-bond acceptors (Lipinski definition) is 6. The second kappa shape index (κ2) is 5.35. The van der Waals surface area contributed by atoms with Gasteiger partial charge < -0.3 is 10.0 Å². The lowest BCUT2D eigenvalue weighted by molar-refractivity contribution is 0.0859. The van der Waals surface area contributed by atoms with Gasteiger partial charge in [0.25, 0.3) is 0 Å². The molecule has 6 nitrogen and oxygen atoms in total. The first-order valence-electron chi connectivity index (χ1n) is 4.74. The Labute approximate surface area is 87.9 Å². The van der Waals surface area contributed by atoms with Crippen molar-refractivity contribution >= 4 is 11.4 Å². The third-order valence-electron chi connectivity index (χ3n) is 1.85. The first kappa shape index (κ1) is 11.5. The van der Waals surface area contributed by atoms with E-state index in [1.54, 1.807) is 6.08 Å². The van der Waals surface area contributed by atoms with Crippen LogP contribution in [0.2, 0.25) is 0 Å². The smallest absolute Gasteiger partial charge is 0.152 e. The van der Waals surface area contributed by atoms with Crippen LogP contribution in [0.5, 0.6) is 0 Å². The van der Waals surface area contributed by atoms with Crippen LogP contribution in [0.15, 0.2) is 22.1 Å². The monoisotopic (exact) mass is 213 g/mol. The van der Waals surface area contributed by atoms with Gasteiger partial charge in [-0.15, -0.1) is 0 Å². The second-order valence-electron chi connectivity index (χ2n) is 3.41. The molecule has 84 valence electrons. The number of allylic oxidation sites excluding steroid dienone is 2. The SMILES string of the molecule is CC(C)O/N=C1\CCC=C(NO)\C1=N/O. The molecular weight excluding hydrogens is 198 g/mol. The third-order valence-corrected chi connectivity index (χ3v) is 1.85. The van der Waals surface area contributed by atoms with E-state index in [2.05, 4.69) is 10.3 Å². The van der Waals surface area contributed by atoms with Crippen LogP contribution < -0.4 is 5.48 Å². The van der Waals surface area contributed by atoms with Crippen molar-refractivity contribution in [1.82, 2.24) is 5.48 Å². The molecule has 0 atom stereocenters. The van der Waals surface area contributed by atoms with Gasteiger partial charge in [-0.05, 0) is 26.7 Å². The van der Waals surface area contributed by atoms with E-state index in [1.807, 2.05) is 19.3 Å². The minimum atomic E-state index is -0.0334. The predicted molar refractivity (Wildman–Crippen MR) is 55.1 cm³/mol. The molecule has 0 saturated heterocycles. The maximum absolute atomic E-state index is 8.79. The van der Waals surface area contributed by atoms with Gasteiger partial charge >= 0.3 is 0 Å². The minimum Gasteiger partial charge on any atom is -0.410 e. The molecule has 0 aromatic rings. The molecule has 15 heavy (non-hydrogen) atoms. The Balaban J connectivity index is 2.83. The number of hydrogen-bond donors (Lipinski definition) is 3. The van der Waals surface area contributed by atoms with Gasteiger partial charge in [-0.2, -0.15) is 0 Å². The minimum absolute atomic E-state index is 0.0334. The number of rotatable bonds is 3. The molecule has 0 aliphatic heterocycles. The molecule has 0 amide bonds. The van der Waals surface area contributed by atoms with Crippen LogP contribution in [0, 0.1) is 0 Å². The van der Waals surface area contributed by atoms with Gasteiger partial charge in [0.1, 0.15) is 11.8 Å². The first-order chi connectivity index (χ1) is 7.19. The van der Waals surface area contributed by atoms with Crippen molar-refractivity contribution in [1.29, 1.82) is 0 Å². The van der Waals surface area contributed by atoms with Crippen molar-refractivity contribution in [2.24, 2.45) is 10.3 Å². The summed E-state index contributed by atoms with van der Waals surface area (Å²) in [6.45, 7) is 3.70. The van der Waals surface area contributed by atoms with Crippen molar-refractivity contribution in [3.63, 3.8) is 0 Å². The lowest BCUT2D eigenvalue weighted by Gasteiger charge is -2.15. The fourth-order valence-electron chi connectivity index (χ4n) is 1.19. The summed E-state index contributed by atoms with van der Waals surface area (Å²) >= 11 is 0. The molecule has 1 rings (SSSR count). The van der Waals surface area contributed by atoms with E-state index in [-0.39, 0.29) is 11.8 Å². The normalized spacial score (nSPS) is 22.0. The summed E-state index contributed by atoms with van der Waals surface area (Å²) in [5, 5.41) is 24.5. The van der Waals surface area contributed by atoms with E-state index in [0.29, 0.717) is 24.3 Å². The van der Waals surface area contributed by atoms with Gasteiger partial charge in [0.15, 0.2) is 5.71 Å². The maximum Gasteiger partial charge on any atom is 0.152 e. The lowest BCUT2D eigenvalue weighted by atomic mass is 10.0. The van der Waals surface area contributed by atoms with Crippen LogP contribution in [-0.4, -0.2) is 27.9 Å². The molecule has 0 bridgehead atoms. The van der Waals surface area contributed by atoms with Gasteiger partial charge in [-0.25, -0.2) is 0 Å². The predicted octanol–water partition coefficient (Wildman–Crippen LogP) is 1.25. The number of nitrogens with one attached hydrogen (secondary N) is 1. The van der Waals surface area contributed by atoms with Gasteiger partial charge in [-0.3, -0.25) is 10.7 Å². The summed E-state index contributed by atoms with van der Waals surface area (Å²) in [7, 11) is 0. The summed E-state index contributed by atoms with van der Waals surface area (Å²) < 4.78 is 0. The third kappa shape index (κ3) is 2.95. The second-order valence-corrected chi connectivity index (χ2v) is 3.41. The average molecular weight is 213 g/mol. The summed E-state index contributed by atoms with van der Waals surface area (Å²) in [6, 6.07) is 0. The number of oxime groups is 2. The highest BCUT2D eigenvalue weighted by Gasteiger charge is 2.20. The Bertz CT molecular complexity index is 308. The molecule has 1 aliphatic rings. The summed E-state index contributed by atoms with van der Waals surface area (Å²) in [4.78, 5) is 5.07. The Morgan fingerprint density at radius 3 is 2.80 bits per heavy atom. The summed E-state index contributed by atoms with van der Waals surface area (Å²) in [5.74, 6) is 0. The Morgan fingerprint density at radius 1 is 1.53 bits per heavy atom. The van der Waals surface area contributed by atoms with Crippen molar-refractivity contribution in [3.8, 4) is 0 Å². The molecule has 0 saturated carbocycles. The van der Waals surface area contributed by atoms with Gasteiger partial charge in [0.05, 0.1) is 5.70 Å². The molecule has 0 unspecified atom stereocenters. The van der Waals surface area contributed by atoms with Gasteiger partial charge in [0, 0.05) is 0 Å². The van der Waals surface area contributed by atoms with E-state index in [0.717, 1.165) is 0 Å². The van der Waals surface area contributed by atoms with Crippen LogP contribution in [0.25, 0.3) is 0 Å². The molecule has 0 aromatic carbocycles. The van der Waals surface area contributed by atoms with E-state index in [1.165, 1.54) is 0 Å². The van der Waals surface area contributed by atoms with E-state index in [9.17, 15) is 0 Å². The molecule has 3 N–H and O–H groups in total. The highest BCUT2D eigenvalue weighted by Crippen LogP contribution is 2.12. The zero-order valence-electron chi connectivity index (χ0n) is 8.77. The first-order valence-corrected chi connectivity index (χ1v) is 4.74. The average Bonchev–Trinajstić information content (AvgIpc) is 2.25. The van der Waals surface area contributed by atoms with Crippen LogP contribution in [-0.2, 0) is 4.84 Å². The zero-order chi connectivity index (χ0) is 11.3. The molecular formula is C9H15N3O3. The molecule has 1 aliphatic carbocycles. The fraction of sp³-hybridized carbons (Fsp3) is 0.556. The Morgan fingerprint density at radius 2 is 2.27 bits per heavy atom. The molecule has 0 spiro atoms. The van der Waals surface area contributed by atoms with Crippen LogP contribution >= 0.6 is 0 Å². The highest BCUT2D eigenvalue weighted by atomic mass is 16.6. The Hall–Kier alpha value is -1.56. The standard InChI is InChI=1S/C9H15N3O3/c1-6(2)15-12-8-5-3-4-7(10-13)9(8)11-14/h4,6,10,13-14H,3,5H2,1-2H3/b11-9+,12-8+. The van der Waals surface area contributed by atoms with Crippen LogP contribution in [0.4, 0.5) is 0 Å². The molecule has 0 heterocycles. The molecule has 0 fully saturated rings. The Kier molecular flexibility index (Phi) is 4.11. The van der Waals surface area contributed by atoms with Crippen molar-refractivity contribution in [2.45, 2.75) is 32.8 Å². The number of hydroxylamine groups is 1. The van der Waals surface area contributed by atoms with Crippen molar-refractivity contribution in [3.05, 3.63) is 11.8 Å². The highest BCUT2D eigenvalue weighted by molar-refractivity contribution is 6.48. The molecule has 6 heteroatoms. The molecule has 0 radical (unpaired) electrons. The topological polar surface area (TPSA) is 86.4 Å². The maximum atomic E-state index is 8.79. The summed E-state index contributed by atoms with van der Waals surface area (Å²) in [6.07, 6.45) is 3.03. The number of nitrogens with zero attached hydrogens (tertiary/aromatic N) is 2. The zero-order valence-corrected chi connectivity index (χ0v) is 8.77. The van der Waals surface area contributed by atoms with Crippen molar-refractivity contribution < 1.29 is 15.3 Å². The van der Waals surface area contributed by atoms with E-state index in [4.69, 9.17) is 15.3 Å². The van der Waals surface area contributed by atoms with Crippen LogP contribution in [0.1, 0.15) is 26.7 Å². The largest absolute Gasteiger partial charge is 0.410 e. The van der Waals surface area contributed by atoms with Gasteiger partial charge in [-0.1, -0.05) is 16.4 Å².